The monoisotopic (exact) mass is 195 g/mol. The van der Waals surface area contributed by atoms with Gasteiger partial charge in [-0.2, -0.15) is 5.10 Å². The predicted molar refractivity (Wildman–Crippen MR) is 59.2 cm³/mol. The molecule has 2 N–H and O–H groups in total. The minimum atomic E-state index is 0.0665. The quantitative estimate of drug-likeness (QED) is 0.802. The van der Waals surface area contributed by atoms with Gasteiger partial charge in [-0.15, -0.1) is 0 Å². The van der Waals surface area contributed by atoms with E-state index in [-0.39, 0.29) is 6.04 Å². The van der Waals surface area contributed by atoms with Crippen molar-refractivity contribution in [3.05, 3.63) is 17.5 Å². The lowest BCUT2D eigenvalue weighted by molar-refractivity contribution is 0.447. The molecular weight excluding hydrogens is 174 g/mol. The maximum absolute atomic E-state index is 5.91. The lowest BCUT2D eigenvalue weighted by atomic mass is 10.2. The number of aromatic nitrogens is 2. The maximum atomic E-state index is 5.91. The van der Waals surface area contributed by atoms with Crippen molar-refractivity contribution in [2.45, 2.75) is 52.6 Å². The first kappa shape index (κ1) is 11.2. The van der Waals surface area contributed by atoms with Crippen LogP contribution in [0.25, 0.3) is 0 Å². The highest BCUT2D eigenvalue weighted by Crippen LogP contribution is 2.19. The lowest BCUT2D eigenvalue weighted by Gasteiger charge is -2.15. The third-order valence-corrected chi connectivity index (χ3v) is 2.65. The van der Waals surface area contributed by atoms with Crippen molar-refractivity contribution in [2.24, 2.45) is 5.73 Å². The van der Waals surface area contributed by atoms with Gasteiger partial charge in [0.2, 0.25) is 0 Å². The zero-order chi connectivity index (χ0) is 10.7. The van der Waals surface area contributed by atoms with Crippen LogP contribution < -0.4 is 5.73 Å². The van der Waals surface area contributed by atoms with E-state index >= 15 is 0 Å². The van der Waals surface area contributed by atoms with E-state index < -0.39 is 0 Å². The molecule has 0 bridgehead atoms. The molecule has 0 aromatic carbocycles. The van der Waals surface area contributed by atoms with Gasteiger partial charge in [-0.3, -0.25) is 4.68 Å². The van der Waals surface area contributed by atoms with E-state index in [4.69, 9.17) is 5.73 Å². The molecular formula is C11H21N3. The van der Waals surface area contributed by atoms with E-state index in [2.05, 4.69) is 36.6 Å². The van der Waals surface area contributed by atoms with Crippen molar-refractivity contribution in [3.8, 4) is 0 Å². The summed E-state index contributed by atoms with van der Waals surface area (Å²) in [6.45, 7) is 8.48. The van der Waals surface area contributed by atoms with Gasteiger partial charge in [-0.25, -0.2) is 0 Å². The molecule has 0 aliphatic heterocycles. The normalized spacial score (nSPS) is 15.5. The third kappa shape index (κ3) is 2.15. The van der Waals surface area contributed by atoms with Crippen molar-refractivity contribution in [1.29, 1.82) is 0 Å². The van der Waals surface area contributed by atoms with Gasteiger partial charge in [0.1, 0.15) is 0 Å². The van der Waals surface area contributed by atoms with Crippen LogP contribution >= 0.6 is 0 Å². The summed E-state index contributed by atoms with van der Waals surface area (Å²) in [5.74, 6) is 0. The fraction of sp³-hybridized carbons (Fsp3) is 0.727. The van der Waals surface area contributed by atoms with Gasteiger partial charge >= 0.3 is 0 Å². The Morgan fingerprint density at radius 2 is 2.07 bits per heavy atom. The van der Waals surface area contributed by atoms with Gasteiger partial charge in [0, 0.05) is 12.1 Å². The Morgan fingerprint density at radius 3 is 2.50 bits per heavy atom. The molecule has 0 saturated carbocycles. The molecule has 0 spiro atoms. The smallest absolute Gasteiger partial charge is 0.0625 e. The Balaban J connectivity index is 3.05. The maximum Gasteiger partial charge on any atom is 0.0625 e. The highest BCUT2D eigenvalue weighted by molar-refractivity contribution is 5.14. The first-order valence-electron chi connectivity index (χ1n) is 5.44. The van der Waals surface area contributed by atoms with Crippen LogP contribution in [0.15, 0.2) is 6.07 Å². The van der Waals surface area contributed by atoms with Crippen LogP contribution in [0.2, 0.25) is 0 Å². The number of hydrogen-bond donors (Lipinski definition) is 1. The molecule has 3 nitrogen and oxygen atoms in total. The molecule has 3 heteroatoms. The minimum absolute atomic E-state index is 0.0665. The molecule has 2 atom stereocenters. The van der Waals surface area contributed by atoms with Crippen molar-refractivity contribution in [1.82, 2.24) is 9.78 Å². The van der Waals surface area contributed by atoms with E-state index in [0.29, 0.717) is 6.04 Å². The zero-order valence-corrected chi connectivity index (χ0v) is 9.62. The van der Waals surface area contributed by atoms with Gasteiger partial charge in [0.05, 0.1) is 11.4 Å². The SMILES string of the molecule is CCc1cc([C@@H](C)N)n(C(C)CC)n1. The minimum Gasteiger partial charge on any atom is -0.323 e. The summed E-state index contributed by atoms with van der Waals surface area (Å²) >= 11 is 0. The molecule has 1 heterocycles. The van der Waals surface area contributed by atoms with E-state index in [1.165, 1.54) is 0 Å². The van der Waals surface area contributed by atoms with Gasteiger partial charge in [0.25, 0.3) is 0 Å². The molecule has 14 heavy (non-hydrogen) atoms. The fourth-order valence-electron chi connectivity index (χ4n) is 1.50. The van der Waals surface area contributed by atoms with E-state index in [1.807, 2.05) is 6.92 Å². The summed E-state index contributed by atoms with van der Waals surface area (Å²) in [5.41, 5.74) is 8.20. The Bertz CT molecular complexity index is 289. The van der Waals surface area contributed by atoms with Gasteiger partial charge in [-0.1, -0.05) is 13.8 Å². The van der Waals surface area contributed by atoms with Crippen molar-refractivity contribution in [2.75, 3.05) is 0 Å². The van der Waals surface area contributed by atoms with Gasteiger partial charge in [-0.05, 0) is 32.8 Å². The fourth-order valence-corrected chi connectivity index (χ4v) is 1.50. The second-order valence-electron chi connectivity index (χ2n) is 3.90. The molecule has 80 valence electrons. The first-order chi connectivity index (χ1) is 6.60. The molecule has 0 saturated heterocycles. The molecule has 0 aliphatic carbocycles. The van der Waals surface area contributed by atoms with Crippen LogP contribution in [0.3, 0.4) is 0 Å². The zero-order valence-electron chi connectivity index (χ0n) is 9.62. The number of nitrogens with zero attached hydrogens (tertiary/aromatic N) is 2. The largest absolute Gasteiger partial charge is 0.323 e. The molecule has 0 aliphatic rings. The molecule has 1 aromatic heterocycles. The van der Waals surface area contributed by atoms with Crippen LogP contribution in [0.5, 0.6) is 0 Å². The first-order valence-corrected chi connectivity index (χ1v) is 5.44. The summed E-state index contributed by atoms with van der Waals surface area (Å²) in [5, 5.41) is 4.56. The molecule has 1 aromatic rings. The summed E-state index contributed by atoms with van der Waals surface area (Å²) in [6.07, 6.45) is 2.06. The average Bonchev–Trinajstić information content (AvgIpc) is 2.60. The van der Waals surface area contributed by atoms with E-state index in [9.17, 15) is 0 Å². The van der Waals surface area contributed by atoms with Crippen LogP contribution in [-0.2, 0) is 6.42 Å². The Kier molecular flexibility index (Phi) is 3.69. The number of nitrogens with two attached hydrogens (primary N) is 1. The van der Waals surface area contributed by atoms with E-state index in [0.717, 1.165) is 24.2 Å². The summed E-state index contributed by atoms with van der Waals surface area (Å²) < 4.78 is 2.07. The summed E-state index contributed by atoms with van der Waals surface area (Å²) in [6, 6.07) is 2.63. The van der Waals surface area contributed by atoms with E-state index in [1.54, 1.807) is 0 Å². The Morgan fingerprint density at radius 1 is 1.43 bits per heavy atom. The second kappa shape index (κ2) is 4.60. The van der Waals surface area contributed by atoms with Crippen LogP contribution in [-0.4, -0.2) is 9.78 Å². The average molecular weight is 195 g/mol. The van der Waals surface area contributed by atoms with Crippen LogP contribution in [0, 0.1) is 0 Å². The van der Waals surface area contributed by atoms with Crippen molar-refractivity contribution < 1.29 is 0 Å². The van der Waals surface area contributed by atoms with Crippen molar-refractivity contribution >= 4 is 0 Å². The Labute approximate surface area is 86.3 Å². The number of hydrogen-bond acceptors (Lipinski definition) is 2. The molecule has 1 rings (SSSR count). The topological polar surface area (TPSA) is 43.8 Å². The second-order valence-corrected chi connectivity index (χ2v) is 3.90. The van der Waals surface area contributed by atoms with Crippen molar-refractivity contribution in [3.63, 3.8) is 0 Å². The lowest BCUT2D eigenvalue weighted by Crippen LogP contribution is -2.16. The number of aryl methyl sites for hydroxylation is 1. The highest BCUT2D eigenvalue weighted by atomic mass is 15.3. The standard InChI is InChI=1S/C11H21N3/c1-5-8(3)14-11(9(4)12)7-10(6-2)13-14/h7-9H,5-6,12H2,1-4H3/t8?,9-/m1/s1. The summed E-state index contributed by atoms with van der Waals surface area (Å²) in [7, 11) is 0. The highest BCUT2D eigenvalue weighted by Gasteiger charge is 2.13. The van der Waals surface area contributed by atoms with Gasteiger partial charge < -0.3 is 5.73 Å². The summed E-state index contributed by atoms with van der Waals surface area (Å²) in [4.78, 5) is 0. The molecule has 0 radical (unpaired) electrons. The van der Waals surface area contributed by atoms with Gasteiger partial charge in [0.15, 0.2) is 0 Å². The predicted octanol–water partition coefficient (Wildman–Crippen LogP) is 2.44. The van der Waals surface area contributed by atoms with Crippen LogP contribution in [0.1, 0.15) is 57.6 Å². The third-order valence-electron chi connectivity index (χ3n) is 2.65. The molecule has 1 unspecified atom stereocenters. The molecule has 0 fully saturated rings. The number of rotatable bonds is 4. The van der Waals surface area contributed by atoms with Crippen LogP contribution in [0.4, 0.5) is 0 Å². The Hall–Kier alpha value is -0.830. The molecule has 0 amide bonds.